The van der Waals surface area contributed by atoms with Gasteiger partial charge in [-0.25, -0.2) is 11.7 Å². The minimum Gasteiger partial charge on any atom is -0.480 e. The number of carboxylic acids is 1. The van der Waals surface area contributed by atoms with Crippen LogP contribution >= 0.6 is 7.36 Å². The highest BCUT2D eigenvalue weighted by molar-refractivity contribution is 7.97. The second-order valence-electron chi connectivity index (χ2n) is 6.00. The Hall–Kier alpha value is -2.66. The molecule has 5 N–H and O–H groups in total. The summed E-state index contributed by atoms with van der Waals surface area (Å²) in [5, 5.41) is 10.9. The Morgan fingerprint density at radius 3 is 1.63 bits per heavy atom. The highest BCUT2D eigenvalue weighted by Crippen LogP contribution is 2.40. The monoisotopic (exact) mass is 461 g/mol. The van der Waals surface area contributed by atoms with Gasteiger partial charge in [0.1, 0.15) is 6.54 Å². The van der Waals surface area contributed by atoms with Crippen molar-refractivity contribution in [2.75, 3.05) is 16.6 Å². The fraction of sp³-hybridized carbons (Fsp3) is 0.176. The number of carboxylic acid groups (broad SMARTS) is 1. The Balaban J connectivity index is 2.78. The van der Waals surface area contributed by atoms with Crippen LogP contribution in [-0.4, -0.2) is 40.1 Å². The van der Waals surface area contributed by atoms with E-state index < -0.39 is 37.5 Å². The summed E-state index contributed by atoms with van der Waals surface area (Å²) in [6, 6.07) is 15.4. The van der Waals surface area contributed by atoms with Gasteiger partial charge < -0.3 is 5.11 Å². The van der Waals surface area contributed by atoms with Crippen molar-refractivity contribution in [3.63, 3.8) is 0 Å². The number of nitrogens with two attached hydrogens (primary N) is 2. The number of hydrogen-bond acceptors (Lipinski definition) is 7. The molecule has 0 saturated carbocycles. The lowest BCUT2D eigenvalue weighted by atomic mass is 10.2. The number of benzene rings is 2. The molecular formula is C17H19F3N5O3PS. The molecule has 0 aliphatic rings. The molecular weight excluding hydrogens is 442 g/mol. The van der Waals surface area contributed by atoms with E-state index in [1.807, 2.05) is 0 Å². The van der Waals surface area contributed by atoms with Crippen molar-refractivity contribution in [2.24, 2.45) is 11.7 Å². The molecule has 0 bridgehead atoms. The molecule has 2 rings (SSSR count). The molecule has 2 aromatic rings. The van der Waals surface area contributed by atoms with Gasteiger partial charge in [0.05, 0.1) is 11.4 Å². The number of amides is 1. The van der Waals surface area contributed by atoms with E-state index in [2.05, 4.69) is 0 Å². The van der Waals surface area contributed by atoms with E-state index in [0.29, 0.717) is 0 Å². The van der Waals surface area contributed by atoms with Gasteiger partial charge in [-0.3, -0.25) is 24.5 Å². The van der Waals surface area contributed by atoms with Crippen molar-refractivity contribution >= 4 is 42.4 Å². The summed E-state index contributed by atoms with van der Waals surface area (Å²) in [7, 11) is -1.61. The highest BCUT2D eigenvalue weighted by atomic mass is 32.4. The quantitative estimate of drug-likeness (QED) is 0.236. The van der Waals surface area contributed by atoms with Crippen LogP contribution in [0.3, 0.4) is 0 Å². The number of anilines is 2. The zero-order valence-electron chi connectivity index (χ0n) is 15.4. The minimum atomic E-state index is -5.39. The van der Waals surface area contributed by atoms with E-state index in [9.17, 15) is 27.9 Å². The molecule has 30 heavy (non-hydrogen) atoms. The second-order valence-corrected chi connectivity index (χ2v) is 7.72. The zero-order valence-corrected chi connectivity index (χ0v) is 17.3. The smallest absolute Gasteiger partial charge is 0.471 e. The first-order valence-corrected chi connectivity index (χ1v) is 10.8. The van der Waals surface area contributed by atoms with Crippen LogP contribution in [-0.2, 0) is 21.4 Å². The zero-order chi connectivity index (χ0) is 22.5. The average Bonchev–Trinajstić information content (AvgIpc) is 2.73. The third-order valence-electron chi connectivity index (χ3n) is 4.11. The Morgan fingerprint density at radius 1 is 0.933 bits per heavy atom. The lowest BCUT2D eigenvalue weighted by Gasteiger charge is -2.51. The van der Waals surface area contributed by atoms with Crippen LogP contribution in [0.15, 0.2) is 60.7 Å². The van der Waals surface area contributed by atoms with Crippen LogP contribution < -0.4 is 21.7 Å². The first-order chi connectivity index (χ1) is 14.1. The van der Waals surface area contributed by atoms with E-state index in [4.69, 9.17) is 23.5 Å². The van der Waals surface area contributed by atoms with Gasteiger partial charge in [0.25, 0.3) is 0 Å². The molecule has 13 heteroatoms. The molecule has 2 aromatic carbocycles. The highest BCUT2D eigenvalue weighted by Gasteiger charge is 2.55. The van der Waals surface area contributed by atoms with E-state index >= 15 is 0 Å². The number of aliphatic carboxylic acids is 1. The largest absolute Gasteiger partial charge is 0.480 e. The molecule has 0 fully saturated rings. The summed E-state index contributed by atoms with van der Waals surface area (Å²) < 4.78 is 40.3. The number of alkyl halides is 3. The van der Waals surface area contributed by atoms with Crippen molar-refractivity contribution in [2.45, 2.75) is 11.7 Å². The van der Waals surface area contributed by atoms with E-state index in [-0.39, 0.29) is 16.3 Å². The molecule has 1 amide bonds. The number of halogens is 3. The van der Waals surface area contributed by atoms with Gasteiger partial charge in [0.15, 0.2) is 0 Å². The number of rotatable bonds is 8. The van der Waals surface area contributed by atoms with Gasteiger partial charge in [-0.15, -0.1) is 0 Å². The molecule has 0 saturated heterocycles. The Bertz CT molecular complexity index is 859. The Kier molecular flexibility index (Phi) is 7.43. The van der Waals surface area contributed by atoms with E-state index in [1.165, 1.54) is 24.3 Å². The average molecular weight is 461 g/mol. The topological polar surface area (TPSA) is 116 Å². The van der Waals surface area contributed by atoms with E-state index in [0.717, 1.165) is 10.0 Å². The van der Waals surface area contributed by atoms with Gasteiger partial charge in [0, 0.05) is 7.36 Å². The number of carbonyl (C=O) groups excluding carboxylic acids is 1. The van der Waals surface area contributed by atoms with Crippen molar-refractivity contribution in [3.05, 3.63) is 60.7 Å². The maximum Gasteiger partial charge on any atom is 0.471 e. The SMILES string of the molecule is NN(c1ccccc1)C([PH2]=S)(N(CC(=O)O)C(=O)C(F)(F)F)N(N)c1ccccc1. The van der Waals surface area contributed by atoms with Crippen molar-refractivity contribution < 1.29 is 27.9 Å². The summed E-state index contributed by atoms with van der Waals surface area (Å²) in [5.74, 6) is 8.26. The lowest BCUT2D eigenvalue weighted by Crippen LogP contribution is -2.74. The summed E-state index contributed by atoms with van der Waals surface area (Å²) >= 11 is 5.20. The van der Waals surface area contributed by atoms with Crippen LogP contribution in [0.1, 0.15) is 0 Å². The van der Waals surface area contributed by atoms with Gasteiger partial charge in [0.2, 0.25) is 5.53 Å². The molecule has 0 heterocycles. The van der Waals surface area contributed by atoms with Gasteiger partial charge in [-0.1, -0.05) is 48.2 Å². The third-order valence-corrected chi connectivity index (χ3v) is 6.25. The predicted molar refractivity (Wildman–Crippen MR) is 111 cm³/mol. The summed E-state index contributed by atoms with van der Waals surface area (Å²) in [6.07, 6.45) is -5.39. The molecule has 0 spiro atoms. The van der Waals surface area contributed by atoms with Gasteiger partial charge >= 0.3 is 18.1 Å². The Labute approximate surface area is 176 Å². The minimum absolute atomic E-state index is 0.0532. The van der Waals surface area contributed by atoms with Crippen LogP contribution in [0.2, 0.25) is 0 Å². The van der Waals surface area contributed by atoms with Crippen molar-refractivity contribution in [1.82, 2.24) is 4.90 Å². The maximum atomic E-state index is 13.4. The molecule has 0 aromatic heterocycles. The van der Waals surface area contributed by atoms with Crippen molar-refractivity contribution in [3.8, 4) is 0 Å². The molecule has 1 atom stereocenters. The van der Waals surface area contributed by atoms with Gasteiger partial charge in [-0.05, 0) is 24.3 Å². The first-order valence-electron chi connectivity index (χ1n) is 8.32. The van der Waals surface area contributed by atoms with Crippen LogP contribution in [0.5, 0.6) is 0 Å². The molecule has 0 radical (unpaired) electrons. The number of hydrogen-bond donors (Lipinski definition) is 3. The van der Waals surface area contributed by atoms with Crippen molar-refractivity contribution in [1.29, 1.82) is 0 Å². The predicted octanol–water partition coefficient (Wildman–Crippen LogP) is 1.71. The fourth-order valence-corrected chi connectivity index (χ4v) is 4.66. The normalized spacial score (nSPS) is 12.0. The van der Waals surface area contributed by atoms with Crippen LogP contribution in [0.25, 0.3) is 0 Å². The third kappa shape index (κ3) is 4.73. The number of nitrogens with zero attached hydrogens (tertiary/aromatic N) is 3. The van der Waals surface area contributed by atoms with Crippen LogP contribution in [0, 0.1) is 0 Å². The number of para-hydroxylation sites is 2. The summed E-state index contributed by atoms with van der Waals surface area (Å²) in [4.78, 5) is 23.8. The summed E-state index contributed by atoms with van der Waals surface area (Å²) in [6.45, 7) is -1.33. The standard InChI is InChI=1S/C17H19F3N5O3PS/c18-16(19,20)15(28)23(11-14(26)27)17(29-30,24(21)12-7-3-1-4-8-12)25(22)13-9-5-2-6-10-13/h1-10H,11,21-22,29H2,(H,26,27). The maximum absolute atomic E-state index is 13.4. The number of carbonyl (C=O) groups is 2. The molecule has 162 valence electrons. The summed E-state index contributed by atoms with van der Waals surface area (Å²) in [5.41, 5.74) is -1.96. The fourth-order valence-electron chi connectivity index (χ4n) is 2.74. The molecule has 0 aliphatic carbocycles. The molecule has 8 nitrogen and oxygen atoms in total. The van der Waals surface area contributed by atoms with Crippen LogP contribution in [0.4, 0.5) is 24.5 Å². The van der Waals surface area contributed by atoms with E-state index in [1.54, 1.807) is 36.4 Å². The number of hydrazine groups is 2. The first kappa shape index (κ1) is 23.6. The lowest BCUT2D eigenvalue weighted by molar-refractivity contribution is -0.190. The Morgan fingerprint density at radius 2 is 1.33 bits per heavy atom. The van der Waals surface area contributed by atoms with Gasteiger partial charge in [-0.2, -0.15) is 13.2 Å². The molecule has 1 unspecified atom stereocenters. The second kappa shape index (κ2) is 9.43. The molecule has 0 aliphatic heterocycles.